The second kappa shape index (κ2) is 6.04. The van der Waals surface area contributed by atoms with E-state index in [1.807, 2.05) is 0 Å². The van der Waals surface area contributed by atoms with Crippen molar-refractivity contribution in [1.82, 2.24) is 9.80 Å². The molecular formula is C13H20N2O4. The standard InChI is InChI=1S/C13H20N2O4/c16-11-9-14(7-3-1-2-6-12(17)18)13(19)10-5-4-8-15(10)11/h10H,1-9H2,(H,17,18). The van der Waals surface area contributed by atoms with Crippen molar-refractivity contribution in [2.75, 3.05) is 19.6 Å². The van der Waals surface area contributed by atoms with Gasteiger partial charge < -0.3 is 14.9 Å². The van der Waals surface area contributed by atoms with Crippen LogP contribution in [0.25, 0.3) is 0 Å². The molecule has 2 saturated heterocycles. The summed E-state index contributed by atoms with van der Waals surface area (Å²) in [5.41, 5.74) is 0. The van der Waals surface area contributed by atoms with E-state index in [1.165, 1.54) is 0 Å². The molecule has 2 amide bonds. The zero-order valence-electron chi connectivity index (χ0n) is 11.0. The molecule has 19 heavy (non-hydrogen) atoms. The van der Waals surface area contributed by atoms with Crippen molar-refractivity contribution >= 4 is 17.8 Å². The SMILES string of the molecule is O=C(O)CCCCCN1CC(=O)N2CCCC2C1=O. The van der Waals surface area contributed by atoms with Crippen molar-refractivity contribution in [3.63, 3.8) is 0 Å². The van der Waals surface area contributed by atoms with Gasteiger partial charge in [0.25, 0.3) is 0 Å². The summed E-state index contributed by atoms with van der Waals surface area (Å²) < 4.78 is 0. The number of fused-ring (bicyclic) bond motifs is 1. The van der Waals surface area contributed by atoms with Crippen LogP contribution in [0.1, 0.15) is 38.5 Å². The van der Waals surface area contributed by atoms with Gasteiger partial charge >= 0.3 is 5.97 Å². The molecule has 0 spiro atoms. The fraction of sp³-hybridized carbons (Fsp3) is 0.769. The van der Waals surface area contributed by atoms with E-state index in [9.17, 15) is 14.4 Å². The van der Waals surface area contributed by atoms with E-state index in [-0.39, 0.29) is 30.8 Å². The lowest BCUT2D eigenvalue weighted by Crippen LogP contribution is -2.57. The van der Waals surface area contributed by atoms with E-state index in [0.29, 0.717) is 19.5 Å². The Kier molecular flexibility index (Phi) is 4.39. The first kappa shape index (κ1) is 13.8. The van der Waals surface area contributed by atoms with Crippen LogP contribution in [-0.2, 0) is 14.4 Å². The van der Waals surface area contributed by atoms with Gasteiger partial charge in [0, 0.05) is 19.5 Å². The highest BCUT2D eigenvalue weighted by Gasteiger charge is 2.41. The molecule has 1 atom stereocenters. The Balaban J connectivity index is 1.76. The average molecular weight is 268 g/mol. The Hall–Kier alpha value is -1.59. The topological polar surface area (TPSA) is 77.9 Å². The molecule has 0 aromatic carbocycles. The summed E-state index contributed by atoms with van der Waals surface area (Å²) in [5, 5.41) is 8.53. The second-order valence-electron chi connectivity index (χ2n) is 5.21. The van der Waals surface area contributed by atoms with Gasteiger partial charge in [-0.05, 0) is 25.7 Å². The maximum atomic E-state index is 12.2. The molecule has 2 fully saturated rings. The summed E-state index contributed by atoms with van der Waals surface area (Å²) in [5.74, 6) is -0.672. The fourth-order valence-electron chi connectivity index (χ4n) is 2.81. The van der Waals surface area contributed by atoms with E-state index >= 15 is 0 Å². The van der Waals surface area contributed by atoms with E-state index < -0.39 is 5.97 Å². The molecule has 6 nitrogen and oxygen atoms in total. The van der Waals surface area contributed by atoms with Crippen molar-refractivity contribution in [3.8, 4) is 0 Å². The predicted molar refractivity (Wildman–Crippen MR) is 67.4 cm³/mol. The number of piperazine rings is 1. The normalized spacial score (nSPS) is 22.8. The van der Waals surface area contributed by atoms with Crippen LogP contribution >= 0.6 is 0 Å². The molecule has 0 radical (unpaired) electrons. The van der Waals surface area contributed by atoms with Crippen LogP contribution in [0.2, 0.25) is 0 Å². The number of amides is 2. The largest absolute Gasteiger partial charge is 0.481 e. The predicted octanol–water partition coefficient (Wildman–Crippen LogP) is 0.465. The Morgan fingerprint density at radius 1 is 1.26 bits per heavy atom. The Bertz CT molecular complexity index is 383. The maximum absolute atomic E-state index is 12.2. The van der Waals surface area contributed by atoms with Crippen molar-refractivity contribution in [3.05, 3.63) is 0 Å². The highest BCUT2D eigenvalue weighted by molar-refractivity contribution is 5.95. The van der Waals surface area contributed by atoms with Crippen molar-refractivity contribution < 1.29 is 19.5 Å². The third kappa shape index (κ3) is 3.24. The van der Waals surface area contributed by atoms with Crippen LogP contribution in [0, 0.1) is 0 Å². The van der Waals surface area contributed by atoms with Crippen LogP contribution in [0.5, 0.6) is 0 Å². The average Bonchev–Trinajstić information content (AvgIpc) is 2.84. The molecule has 2 aliphatic heterocycles. The highest BCUT2D eigenvalue weighted by Crippen LogP contribution is 2.23. The van der Waals surface area contributed by atoms with Crippen LogP contribution < -0.4 is 0 Å². The summed E-state index contributed by atoms with van der Waals surface area (Å²) in [4.78, 5) is 37.7. The van der Waals surface area contributed by atoms with Gasteiger partial charge in [-0.15, -0.1) is 0 Å². The van der Waals surface area contributed by atoms with Crippen LogP contribution in [-0.4, -0.2) is 58.4 Å². The number of unbranched alkanes of at least 4 members (excludes halogenated alkanes) is 2. The minimum Gasteiger partial charge on any atom is -0.481 e. The zero-order chi connectivity index (χ0) is 13.8. The molecule has 0 aromatic rings. The molecule has 1 N–H and O–H groups in total. The minimum absolute atomic E-state index is 0.0487. The summed E-state index contributed by atoms with van der Waals surface area (Å²) >= 11 is 0. The summed E-state index contributed by atoms with van der Waals surface area (Å²) in [6, 6.07) is -0.236. The number of hydrogen-bond donors (Lipinski definition) is 1. The van der Waals surface area contributed by atoms with Gasteiger partial charge in [-0.3, -0.25) is 14.4 Å². The van der Waals surface area contributed by atoms with Gasteiger partial charge in [0.15, 0.2) is 0 Å². The van der Waals surface area contributed by atoms with E-state index in [1.54, 1.807) is 9.80 Å². The second-order valence-corrected chi connectivity index (χ2v) is 5.21. The van der Waals surface area contributed by atoms with Crippen molar-refractivity contribution in [2.24, 2.45) is 0 Å². The quantitative estimate of drug-likeness (QED) is 0.710. The smallest absolute Gasteiger partial charge is 0.303 e. The van der Waals surface area contributed by atoms with Crippen LogP contribution in [0.3, 0.4) is 0 Å². The molecule has 0 aromatic heterocycles. The fourth-order valence-corrected chi connectivity index (χ4v) is 2.81. The van der Waals surface area contributed by atoms with Gasteiger partial charge in [0.1, 0.15) is 6.04 Å². The highest BCUT2D eigenvalue weighted by atomic mass is 16.4. The number of carbonyl (C=O) groups is 3. The lowest BCUT2D eigenvalue weighted by molar-refractivity contribution is -0.153. The van der Waals surface area contributed by atoms with E-state index in [2.05, 4.69) is 0 Å². The van der Waals surface area contributed by atoms with Gasteiger partial charge in [-0.25, -0.2) is 0 Å². The number of nitrogens with zero attached hydrogens (tertiary/aromatic N) is 2. The number of carboxylic acids is 1. The Labute approximate surface area is 112 Å². The molecule has 2 rings (SSSR count). The number of hydrogen-bond acceptors (Lipinski definition) is 3. The first-order chi connectivity index (χ1) is 9.09. The summed E-state index contributed by atoms with van der Waals surface area (Å²) in [6.07, 6.45) is 4.02. The van der Waals surface area contributed by atoms with Crippen molar-refractivity contribution in [2.45, 2.75) is 44.6 Å². The molecule has 2 heterocycles. The lowest BCUT2D eigenvalue weighted by atomic mass is 10.1. The first-order valence-corrected chi connectivity index (χ1v) is 6.89. The van der Waals surface area contributed by atoms with E-state index in [0.717, 1.165) is 25.7 Å². The maximum Gasteiger partial charge on any atom is 0.303 e. The van der Waals surface area contributed by atoms with Gasteiger partial charge in [0.2, 0.25) is 11.8 Å². The zero-order valence-corrected chi connectivity index (χ0v) is 11.0. The Morgan fingerprint density at radius 3 is 2.79 bits per heavy atom. The molecular weight excluding hydrogens is 248 g/mol. The third-order valence-corrected chi connectivity index (χ3v) is 3.81. The van der Waals surface area contributed by atoms with Gasteiger partial charge in [-0.2, -0.15) is 0 Å². The van der Waals surface area contributed by atoms with Crippen LogP contribution in [0.15, 0.2) is 0 Å². The van der Waals surface area contributed by atoms with Gasteiger partial charge in [-0.1, -0.05) is 6.42 Å². The Morgan fingerprint density at radius 2 is 2.05 bits per heavy atom. The lowest BCUT2D eigenvalue weighted by Gasteiger charge is -2.36. The molecule has 0 aliphatic carbocycles. The summed E-state index contributed by atoms with van der Waals surface area (Å²) in [7, 11) is 0. The molecule has 106 valence electrons. The van der Waals surface area contributed by atoms with Crippen molar-refractivity contribution in [1.29, 1.82) is 0 Å². The molecule has 1 unspecified atom stereocenters. The van der Waals surface area contributed by atoms with Crippen LogP contribution in [0.4, 0.5) is 0 Å². The monoisotopic (exact) mass is 268 g/mol. The number of aliphatic carboxylic acids is 1. The molecule has 0 saturated carbocycles. The number of rotatable bonds is 6. The number of carboxylic acid groups (broad SMARTS) is 1. The summed E-state index contributed by atoms with van der Waals surface area (Å²) in [6.45, 7) is 1.46. The van der Waals surface area contributed by atoms with E-state index in [4.69, 9.17) is 5.11 Å². The molecule has 6 heteroatoms. The molecule has 0 bridgehead atoms. The van der Waals surface area contributed by atoms with Gasteiger partial charge in [0.05, 0.1) is 6.54 Å². The molecule has 2 aliphatic rings. The third-order valence-electron chi connectivity index (χ3n) is 3.81. The first-order valence-electron chi connectivity index (χ1n) is 6.89. The minimum atomic E-state index is -0.786. The number of carbonyl (C=O) groups excluding carboxylic acids is 2.